The van der Waals surface area contributed by atoms with Crippen LogP contribution in [0.1, 0.15) is 19.4 Å². The summed E-state index contributed by atoms with van der Waals surface area (Å²) in [4.78, 5) is 12.2. The minimum atomic E-state index is -0.693. The molecule has 2 aromatic carbocycles. The third kappa shape index (κ3) is 4.15. The minimum Gasteiger partial charge on any atom is -0.479 e. The number of hydrogen-bond donors (Lipinski definition) is 1. The second-order valence-corrected chi connectivity index (χ2v) is 5.64. The first-order valence-electron chi connectivity index (χ1n) is 7.01. The van der Waals surface area contributed by atoms with E-state index in [1.54, 1.807) is 25.1 Å². The van der Waals surface area contributed by atoms with Gasteiger partial charge in [-0.1, -0.05) is 48.3 Å². The fourth-order valence-electron chi connectivity index (χ4n) is 1.89. The summed E-state index contributed by atoms with van der Waals surface area (Å²) < 4.78 is 5.58. The summed E-state index contributed by atoms with van der Waals surface area (Å²) in [7, 11) is 0. The van der Waals surface area contributed by atoms with Gasteiger partial charge in [-0.15, -0.1) is 0 Å². The molecule has 0 bridgehead atoms. The second-order valence-electron chi connectivity index (χ2n) is 4.85. The molecule has 3 nitrogen and oxygen atoms in total. The van der Waals surface area contributed by atoms with Gasteiger partial charge >= 0.3 is 0 Å². The van der Waals surface area contributed by atoms with Gasteiger partial charge in [-0.25, -0.2) is 0 Å². The number of nitrogens with one attached hydrogen (secondary N) is 1. The number of halogens is 2. The molecule has 0 aliphatic carbocycles. The molecule has 22 heavy (non-hydrogen) atoms. The first-order valence-corrected chi connectivity index (χ1v) is 7.77. The van der Waals surface area contributed by atoms with Gasteiger partial charge in [-0.05, 0) is 43.2 Å². The molecule has 0 aliphatic heterocycles. The SMILES string of the molecule is CCc1ccc(NC(=O)[C@H](C)Oc2cccc(Cl)c2Cl)cc1. The fourth-order valence-corrected chi connectivity index (χ4v) is 2.22. The summed E-state index contributed by atoms with van der Waals surface area (Å²) in [6, 6.07) is 12.8. The van der Waals surface area contributed by atoms with Gasteiger partial charge in [0.1, 0.15) is 10.8 Å². The van der Waals surface area contributed by atoms with E-state index in [-0.39, 0.29) is 5.91 Å². The maximum absolute atomic E-state index is 12.2. The van der Waals surface area contributed by atoms with Crippen LogP contribution in [0.2, 0.25) is 10.0 Å². The average Bonchev–Trinajstić information content (AvgIpc) is 2.52. The molecule has 1 amide bonds. The van der Waals surface area contributed by atoms with E-state index in [4.69, 9.17) is 27.9 Å². The zero-order chi connectivity index (χ0) is 16.1. The zero-order valence-corrected chi connectivity index (χ0v) is 13.9. The van der Waals surface area contributed by atoms with Crippen LogP contribution in [0.3, 0.4) is 0 Å². The lowest BCUT2D eigenvalue weighted by molar-refractivity contribution is -0.122. The highest BCUT2D eigenvalue weighted by Crippen LogP contribution is 2.32. The predicted molar refractivity (Wildman–Crippen MR) is 91.0 cm³/mol. The topological polar surface area (TPSA) is 38.3 Å². The minimum absolute atomic E-state index is 0.250. The van der Waals surface area contributed by atoms with Crippen molar-refractivity contribution in [3.05, 3.63) is 58.1 Å². The molecule has 2 rings (SSSR count). The molecule has 0 radical (unpaired) electrons. The van der Waals surface area contributed by atoms with Crippen molar-refractivity contribution in [1.82, 2.24) is 0 Å². The van der Waals surface area contributed by atoms with Crippen LogP contribution in [0.5, 0.6) is 5.75 Å². The summed E-state index contributed by atoms with van der Waals surface area (Å²) in [6.45, 7) is 3.74. The van der Waals surface area contributed by atoms with Crippen LogP contribution in [0, 0.1) is 0 Å². The zero-order valence-electron chi connectivity index (χ0n) is 12.4. The summed E-state index contributed by atoms with van der Waals surface area (Å²) in [5, 5.41) is 3.50. The third-order valence-electron chi connectivity index (χ3n) is 3.22. The van der Waals surface area contributed by atoms with Crippen molar-refractivity contribution in [3.63, 3.8) is 0 Å². The van der Waals surface area contributed by atoms with Crippen molar-refractivity contribution in [2.24, 2.45) is 0 Å². The highest BCUT2D eigenvalue weighted by Gasteiger charge is 2.17. The Morgan fingerprint density at radius 1 is 1.18 bits per heavy atom. The van der Waals surface area contributed by atoms with E-state index in [9.17, 15) is 4.79 Å². The molecule has 0 aromatic heterocycles. The predicted octanol–water partition coefficient (Wildman–Crippen LogP) is 4.96. The van der Waals surface area contributed by atoms with E-state index < -0.39 is 6.10 Å². The van der Waals surface area contributed by atoms with E-state index in [1.165, 1.54) is 5.56 Å². The summed E-state index contributed by atoms with van der Waals surface area (Å²) in [6.07, 6.45) is 0.267. The van der Waals surface area contributed by atoms with Crippen LogP contribution in [0.15, 0.2) is 42.5 Å². The van der Waals surface area contributed by atoms with Crippen LogP contribution >= 0.6 is 23.2 Å². The number of hydrogen-bond acceptors (Lipinski definition) is 2. The molecular weight excluding hydrogens is 321 g/mol. The van der Waals surface area contributed by atoms with Gasteiger partial charge in [0.15, 0.2) is 6.10 Å². The molecular formula is C17H17Cl2NO2. The average molecular weight is 338 g/mol. The van der Waals surface area contributed by atoms with Gasteiger partial charge in [0, 0.05) is 5.69 Å². The van der Waals surface area contributed by atoms with Crippen LogP contribution in [0.25, 0.3) is 0 Å². The second kappa shape index (κ2) is 7.52. The van der Waals surface area contributed by atoms with E-state index in [0.29, 0.717) is 15.8 Å². The Hall–Kier alpha value is -1.71. The molecule has 2 aromatic rings. The lowest BCUT2D eigenvalue weighted by Gasteiger charge is -2.16. The van der Waals surface area contributed by atoms with Crippen molar-refractivity contribution in [1.29, 1.82) is 0 Å². The summed E-state index contributed by atoms with van der Waals surface area (Å²) in [5.41, 5.74) is 1.95. The molecule has 0 aliphatic rings. The summed E-state index contributed by atoms with van der Waals surface area (Å²) in [5.74, 6) is 0.137. The Bertz CT molecular complexity index is 656. The number of ether oxygens (including phenoxy) is 1. The van der Waals surface area contributed by atoms with Gasteiger partial charge in [-0.2, -0.15) is 0 Å². The van der Waals surface area contributed by atoms with Gasteiger partial charge in [0.2, 0.25) is 0 Å². The Morgan fingerprint density at radius 3 is 2.50 bits per heavy atom. The fraction of sp³-hybridized carbons (Fsp3) is 0.235. The quantitative estimate of drug-likeness (QED) is 0.837. The number of anilines is 1. The molecule has 116 valence electrons. The Balaban J connectivity index is 2.01. The number of rotatable bonds is 5. The standard InChI is InChI=1S/C17H17Cl2NO2/c1-3-12-7-9-13(10-8-12)20-17(21)11(2)22-15-6-4-5-14(18)16(15)19/h4-11H,3H2,1-2H3,(H,20,21)/t11-/m0/s1. The first-order chi connectivity index (χ1) is 10.5. The molecule has 0 fully saturated rings. The molecule has 0 unspecified atom stereocenters. The molecule has 1 N–H and O–H groups in total. The van der Waals surface area contributed by atoms with Crippen LogP contribution in [-0.4, -0.2) is 12.0 Å². The summed E-state index contributed by atoms with van der Waals surface area (Å²) >= 11 is 12.0. The van der Waals surface area contributed by atoms with E-state index in [2.05, 4.69) is 12.2 Å². The molecule has 0 saturated carbocycles. The van der Waals surface area contributed by atoms with Gasteiger partial charge in [0.25, 0.3) is 5.91 Å². The van der Waals surface area contributed by atoms with Crippen LogP contribution in [0.4, 0.5) is 5.69 Å². The van der Waals surface area contributed by atoms with Crippen molar-refractivity contribution < 1.29 is 9.53 Å². The normalized spacial score (nSPS) is 11.8. The van der Waals surface area contributed by atoms with Crippen molar-refractivity contribution in [2.75, 3.05) is 5.32 Å². The monoisotopic (exact) mass is 337 g/mol. The highest BCUT2D eigenvalue weighted by atomic mass is 35.5. The Labute approximate surface area is 140 Å². The number of amides is 1. The maximum Gasteiger partial charge on any atom is 0.265 e. The first kappa shape index (κ1) is 16.7. The lowest BCUT2D eigenvalue weighted by atomic mass is 10.1. The molecule has 0 heterocycles. The Kier molecular flexibility index (Phi) is 5.69. The number of carbonyl (C=O) groups is 1. The lowest BCUT2D eigenvalue weighted by Crippen LogP contribution is -2.30. The van der Waals surface area contributed by atoms with E-state index >= 15 is 0 Å². The van der Waals surface area contributed by atoms with Gasteiger partial charge < -0.3 is 10.1 Å². The number of benzene rings is 2. The van der Waals surface area contributed by atoms with Gasteiger partial charge in [0.05, 0.1) is 5.02 Å². The molecule has 0 spiro atoms. The highest BCUT2D eigenvalue weighted by molar-refractivity contribution is 6.42. The third-order valence-corrected chi connectivity index (χ3v) is 4.02. The maximum atomic E-state index is 12.2. The van der Waals surface area contributed by atoms with Crippen LogP contribution in [-0.2, 0) is 11.2 Å². The molecule has 0 saturated heterocycles. The van der Waals surface area contributed by atoms with E-state index in [1.807, 2.05) is 24.3 Å². The number of carbonyl (C=O) groups excluding carboxylic acids is 1. The van der Waals surface area contributed by atoms with Gasteiger partial charge in [-0.3, -0.25) is 4.79 Å². The smallest absolute Gasteiger partial charge is 0.265 e. The van der Waals surface area contributed by atoms with Crippen LogP contribution < -0.4 is 10.1 Å². The van der Waals surface area contributed by atoms with Crippen molar-refractivity contribution in [2.45, 2.75) is 26.4 Å². The van der Waals surface area contributed by atoms with Crippen molar-refractivity contribution in [3.8, 4) is 5.75 Å². The Morgan fingerprint density at radius 2 is 1.86 bits per heavy atom. The number of aryl methyl sites for hydroxylation is 1. The van der Waals surface area contributed by atoms with E-state index in [0.717, 1.165) is 12.1 Å². The van der Waals surface area contributed by atoms with Crippen molar-refractivity contribution >= 4 is 34.8 Å². The molecule has 1 atom stereocenters. The molecule has 5 heteroatoms. The largest absolute Gasteiger partial charge is 0.479 e.